The van der Waals surface area contributed by atoms with Crippen LogP contribution in [0.15, 0.2) is 59.1 Å². The van der Waals surface area contributed by atoms with Gasteiger partial charge in [-0.3, -0.25) is 4.79 Å². The monoisotopic (exact) mass is 526 g/mol. The predicted octanol–water partition coefficient (Wildman–Crippen LogP) is 7.35. The van der Waals surface area contributed by atoms with Crippen LogP contribution in [0, 0.1) is 6.92 Å². The quantitative estimate of drug-likeness (QED) is 0.337. The zero-order valence-electron chi connectivity index (χ0n) is 15.9. The second-order valence-electron chi connectivity index (χ2n) is 6.55. The van der Waals surface area contributed by atoms with E-state index < -0.39 is 0 Å². The van der Waals surface area contributed by atoms with Gasteiger partial charge >= 0.3 is 0 Å². The van der Waals surface area contributed by atoms with Crippen LogP contribution in [0.1, 0.15) is 11.1 Å². The number of anilines is 2. The first-order chi connectivity index (χ1) is 14.3. The molecule has 3 aromatic carbocycles. The molecule has 156 valence electrons. The lowest BCUT2D eigenvalue weighted by Gasteiger charge is -2.12. The van der Waals surface area contributed by atoms with Crippen LogP contribution in [0.25, 0.3) is 0 Å². The molecule has 30 heavy (non-hydrogen) atoms. The zero-order valence-corrected chi connectivity index (χ0v) is 19.8. The molecule has 0 atom stereocenters. The maximum absolute atomic E-state index is 12.1. The first-order valence-corrected chi connectivity index (χ1v) is 10.9. The maximum Gasteiger partial charge on any atom is 0.262 e. The Kier molecular flexibility index (Phi) is 7.89. The van der Waals surface area contributed by atoms with Gasteiger partial charge in [-0.25, -0.2) is 0 Å². The summed E-state index contributed by atoms with van der Waals surface area (Å²) in [5.41, 5.74) is 3.47. The van der Waals surface area contributed by atoms with Crippen molar-refractivity contribution in [2.75, 3.05) is 17.2 Å². The van der Waals surface area contributed by atoms with E-state index in [1.807, 2.05) is 37.3 Å². The highest BCUT2D eigenvalue weighted by atomic mass is 79.9. The van der Waals surface area contributed by atoms with E-state index in [4.69, 9.17) is 39.5 Å². The van der Waals surface area contributed by atoms with Crippen LogP contribution in [-0.2, 0) is 11.3 Å². The smallest absolute Gasteiger partial charge is 0.262 e. The highest BCUT2D eigenvalue weighted by Crippen LogP contribution is 2.28. The predicted molar refractivity (Wildman–Crippen MR) is 128 cm³/mol. The molecule has 0 spiro atoms. The molecule has 0 bridgehead atoms. The number of benzene rings is 3. The summed E-state index contributed by atoms with van der Waals surface area (Å²) in [6, 6.07) is 16.4. The van der Waals surface area contributed by atoms with Crippen molar-refractivity contribution in [1.29, 1.82) is 0 Å². The van der Waals surface area contributed by atoms with Crippen LogP contribution in [0.2, 0.25) is 15.1 Å². The van der Waals surface area contributed by atoms with Gasteiger partial charge in [-0.05, 0) is 76.4 Å². The Bertz CT molecular complexity index is 1080. The minimum Gasteiger partial charge on any atom is -0.483 e. The number of nitrogens with one attached hydrogen (secondary N) is 2. The van der Waals surface area contributed by atoms with Crippen LogP contribution in [0.4, 0.5) is 11.4 Å². The average molecular weight is 529 g/mol. The Morgan fingerprint density at radius 1 is 0.933 bits per heavy atom. The molecular weight excluding hydrogens is 511 g/mol. The SMILES string of the molecule is Cc1ccc(NC(=O)COc2ccc(CNc3ccc(Cl)c(Cl)c3)cc2Br)cc1Cl. The molecule has 0 unspecified atom stereocenters. The lowest BCUT2D eigenvalue weighted by molar-refractivity contribution is -0.118. The number of ether oxygens (including phenoxy) is 1. The van der Waals surface area contributed by atoms with Crippen molar-refractivity contribution in [2.24, 2.45) is 0 Å². The van der Waals surface area contributed by atoms with Crippen molar-refractivity contribution >= 4 is 68.0 Å². The fraction of sp³-hybridized carbons (Fsp3) is 0.136. The number of hydrogen-bond acceptors (Lipinski definition) is 3. The van der Waals surface area contributed by atoms with Crippen LogP contribution in [0.3, 0.4) is 0 Å². The van der Waals surface area contributed by atoms with Crippen molar-refractivity contribution in [3.8, 4) is 5.75 Å². The van der Waals surface area contributed by atoms with E-state index in [1.54, 1.807) is 24.3 Å². The van der Waals surface area contributed by atoms with E-state index in [0.717, 1.165) is 21.3 Å². The summed E-state index contributed by atoms with van der Waals surface area (Å²) in [6.45, 7) is 2.37. The number of hydrogen-bond donors (Lipinski definition) is 2. The van der Waals surface area contributed by atoms with Gasteiger partial charge in [-0.15, -0.1) is 0 Å². The maximum atomic E-state index is 12.1. The number of carbonyl (C=O) groups is 1. The largest absolute Gasteiger partial charge is 0.483 e. The summed E-state index contributed by atoms with van der Waals surface area (Å²) in [5.74, 6) is 0.303. The molecule has 0 saturated heterocycles. The number of halogens is 4. The highest BCUT2D eigenvalue weighted by molar-refractivity contribution is 9.10. The fourth-order valence-corrected chi connectivity index (χ4v) is 3.61. The highest BCUT2D eigenvalue weighted by Gasteiger charge is 2.08. The topological polar surface area (TPSA) is 50.4 Å². The molecule has 0 saturated carbocycles. The minimum atomic E-state index is -0.271. The van der Waals surface area contributed by atoms with Gasteiger partial charge in [0.15, 0.2) is 6.61 Å². The second-order valence-corrected chi connectivity index (χ2v) is 8.62. The molecule has 0 aliphatic carbocycles. The van der Waals surface area contributed by atoms with Crippen LogP contribution in [-0.4, -0.2) is 12.5 Å². The van der Waals surface area contributed by atoms with E-state index in [2.05, 4.69) is 26.6 Å². The van der Waals surface area contributed by atoms with Gasteiger partial charge in [-0.2, -0.15) is 0 Å². The molecule has 0 radical (unpaired) electrons. The molecule has 4 nitrogen and oxygen atoms in total. The van der Waals surface area contributed by atoms with E-state index in [-0.39, 0.29) is 12.5 Å². The molecule has 0 aliphatic rings. The molecule has 3 aromatic rings. The van der Waals surface area contributed by atoms with Crippen LogP contribution in [0.5, 0.6) is 5.75 Å². The van der Waals surface area contributed by atoms with E-state index >= 15 is 0 Å². The van der Waals surface area contributed by atoms with Gasteiger partial charge in [0.25, 0.3) is 5.91 Å². The molecule has 1 amide bonds. The summed E-state index contributed by atoms with van der Waals surface area (Å²) in [5, 5.41) is 7.66. The third-order valence-corrected chi connectivity index (χ3v) is 5.99. The van der Waals surface area contributed by atoms with Gasteiger partial charge in [0.1, 0.15) is 5.75 Å². The third kappa shape index (κ3) is 6.29. The summed E-state index contributed by atoms with van der Waals surface area (Å²) < 4.78 is 6.38. The Labute approximate surface area is 198 Å². The third-order valence-electron chi connectivity index (χ3n) is 4.23. The van der Waals surface area contributed by atoms with Crippen LogP contribution < -0.4 is 15.4 Å². The molecule has 2 N–H and O–H groups in total. The second kappa shape index (κ2) is 10.4. The Hall–Kier alpha value is -1.92. The van der Waals surface area contributed by atoms with Crippen molar-refractivity contribution < 1.29 is 9.53 Å². The molecule has 0 fully saturated rings. The van der Waals surface area contributed by atoms with E-state index in [0.29, 0.717) is 33.0 Å². The molecule has 8 heteroatoms. The van der Waals surface area contributed by atoms with Gasteiger partial charge in [-0.1, -0.05) is 46.9 Å². The Morgan fingerprint density at radius 3 is 2.37 bits per heavy atom. The summed E-state index contributed by atoms with van der Waals surface area (Å²) >= 11 is 21.5. The molecule has 0 aliphatic heterocycles. The van der Waals surface area contributed by atoms with Gasteiger partial charge < -0.3 is 15.4 Å². The van der Waals surface area contributed by atoms with Crippen LogP contribution >= 0.6 is 50.7 Å². The first-order valence-electron chi connectivity index (χ1n) is 8.98. The number of aryl methyl sites for hydroxylation is 1. The van der Waals surface area contributed by atoms with Gasteiger partial charge in [0, 0.05) is 22.9 Å². The molecular formula is C22H18BrCl3N2O2. The Balaban J connectivity index is 1.53. The van der Waals surface area contributed by atoms with Gasteiger partial charge in [0.2, 0.25) is 0 Å². The van der Waals surface area contributed by atoms with Crippen molar-refractivity contribution in [3.63, 3.8) is 0 Å². The number of rotatable bonds is 7. The Morgan fingerprint density at radius 2 is 1.67 bits per heavy atom. The van der Waals surface area contributed by atoms with Gasteiger partial charge in [0.05, 0.1) is 14.5 Å². The van der Waals surface area contributed by atoms with Crippen molar-refractivity contribution in [1.82, 2.24) is 0 Å². The molecule has 3 rings (SSSR count). The van der Waals surface area contributed by atoms with Crippen molar-refractivity contribution in [3.05, 3.63) is 85.3 Å². The van der Waals surface area contributed by atoms with E-state index in [1.165, 1.54) is 0 Å². The zero-order chi connectivity index (χ0) is 21.7. The fourth-order valence-electron chi connectivity index (χ4n) is 2.59. The summed E-state index contributed by atoms with van der Waals surface area (Å²) in [6.07, 6.45) is 0. The standard InChI is InChI=1S/C22H18BrCl3N2O2/c1-13-2-4-16(10-19(13)25)28-22(29)12-30-21-7-3-14(8-17(21)23)11-27-15-5-6-18(24)20(26)9-15/h2-10,27H,11-12H2,1H3,(H,28,29). The van der Waals surface area contributed by atoms with E-state index in [9.17, 15) is 4.79 Å². The first kappa shape index (κ1) is 22.8. The molecule has 0 heterocycles. The summed E-state index contributed by atoms with van der Waals surface area (Å²) in [7, 11) is 0. The van der Waals surface area contributed by atoms with Crippen molar-refractivity contribution in [2.45, 2.75) is 13.5 Å². The summed E-state index contributed by atoms with van der Waals surface area (Å²) in [4.78, 5) is 12.1. The average Bonchev–Trinajstić information content (AvgIpc) is 2.71. The minimum absolute atomic E-state index is 0.120. The lowest BCUT2D eigenvalue weighted by Crippen LogP contribution is -2.20. The lowest BCUT2D eigenvalue weighted by atomic mass is 10.2. The normalized spacial score (nSPS) is 10.6. The molecule has 0 aromatic heterocycles. The number of carbonyl (C=O) groups excluding carboxylic acids is 1. The number of amides is 1.